The molecule has 0 spiro atoms. The van der Waals surface area contributed by atoms with Crippen LogP contribution in [0.25, 0.3) is 0 Å². The van der Waals surface area contributed by atoms with Gasteiger partial charge in [0.25, 0.3) is 0 Å². The second-order valence-corrected chi connectivity index (χ2v) is 2.50. The van der Waals surface area contributed by atoms with Crippen LogP contribution in [0.15, 0.2) is 24.5 Å². The van der Waals surface area contributed by atoms with E-state index in [2.05, 4.69) is 4.97 Å². The van der Waals surface area contributed by atoms with Crippen molar-refractivity contribution in [2.45, 2.75) is 5.44 Å². The van der Waals surface area contributed by atoms with Crippen LogP contribution < -0.4 is 0 Å². The number of nitrogens with zero attached hydrogens (tertiary/aromatic N) is 2. The van der Waals surface area contributed by atoms with Gasteiger partial charge < -0.3 is 0 Å². The van der Waals surface area contributed by atoms with Crippen LogP contribution in [0.2, 0.25) is 0 Å². The van der Waals surface area contributed by atoms with E-state index in [0.717, 1.165) is 5.44 Å². The Balaban J connectivity index is 0.000000810. The van der Waals surface area contributed by atoms with Gasteiger partial charge in [-0.25, -0.2) is 0 Å². The van der Waals surface area contributed by atoms with Crippen LogP contribution >= 0.6 is 0 Å². The molecule has 0 unspecified atom stereocenters. The van der Waals surface area contributed by atoms with E-state index in [1.807, 2.05) is 29.1 Å². The normalized spacial score (nSPS) is 8.30. The zero-order valence-electron chi connectivity index (χ0n) is 4.76. The summed E-state index contributed by atoms with van der Waals surface area (Å²) in [6.07, 6.45) is 3.91. The molecule has 10 heavy (non-hydrogen) atoms. The summed E-state index contributed by atoms with van der Waals surface area (Å²) in [5, 5.41) is 8.20. The van der Waals surface area contributed by atoms with Gasteiger partial charge in [0, 0.05) is 0 Å². The Kier molecular flexibility index (Phi) is 7.24. The van der Waals surface area contributed by atoms with Crippen molar-refractivity contribution in [2.24, 2.45) is 0 Å². The Morgan fingerprint density at radius 2 is 2.00 bits per heavy atom. The topological polar surface area (TPSA) is 28.7 Å². The molecule has 4 heteroatoms. The van der Waals surface area contributed by atoms with Crippen molar-refractivity contribution in [3.63, 3.8) is 0 Å². The third-order valence-corrected chi connectivity index (χ3v) is 1.66. The van der Waals surface area contributed by atoms with E-state index in [4.69, 9.17) is 5.26 Å². The molecule has 0 aliphatic rings. The van der Waals surface area contributed by atoms with Crippen molar-refractivity contribution in [3.05, 3.63) is 24.5 Å². The van der Waals surface area contributed by atoms with E-state index in [0.29, 0.717) is 15.0 Å². The predicted molar refractivity (Wildman–Crippen MR) is 37.2 cm³/mol. The van der Waals surface area contributed by atoms with E-state index in [9.17, 15) is 0 Å². The van der Waals surface area contributed by atoms with Crippen LogP contribution in [0.3, 0.4) is 0 Å². The number of aromatic nitrogens is 1. The summed E-state index contributed by atoms with van der Waals surface area (Å²) in [6, 6.07) is 3.91. The number of rotatable bonds is 2. The van der Waals surface area contributed by atoms with Crippen molar-refractivity contribution >= 4 is 51.4 Å². The van der Waals surface area contributed by atoms with Crippen LogP contribution in [0.4, 0.5) is 0 Å². The first-order valence-electron chi connectivity index (χ1n) is 2.48. The standard InChI is InChI=1S/C5H6N.CN.Fe.K.H/c1-6-4-2-3-5-6;1-2;;;/h2-5H,1H2;;;;. The Labute approximate surface area is 109 Å². The number of nitriles is 1. The van der Waals surface area contributed by atoms with Crippen LogP contribution in [0, 0.1) is 10.2 Å². The molecular weight excluding hydrogens is 195 g/mol. The van der Waals surface area contributed by atoms with Gasteiger partial charge in [0.1, 0.15) is 0 Å². The molecule has 50 valence electrons. The summed E-state index contributed by atoms with van der Waals surface area (Å²) in [5.41, 5.74) is 0.809. The van der Waals surface area contributed by atoms with E-state index >= 15 is 0 Å². The molecule has 2 nitrogen and oxygen atoms in total. The average molecular weight is 202 g/mol. The first-order chi connectivity index (χ1) is 4.43. The predicted octanol–water partition coefficient (Wildman–Crippen LogP) is 0.361. The van der Waals surface area contributed by atoms with E-state index in [1.165, 1.54) is 0 Å². The summed E-state index contributed by atoms with van der Waals surface area (Å²) in [5.74, 6) is 0. The molecule has 1 aromatic heterocycles. The molecule has 0 amide bonds. The van der Waals surface area contributed by atoms with Gasteiger partial charge in [0.2, 0.25) is 0 Å². The van der Waals surface area contributed by atoms with Crippen molar-refractivity contribution < 1.29 is 15.0 Å². The Morgan fingerprint density at radius 1 is 1.40 bits per heavy atom. The van der Waals surface area contributed by atoms with Gasteiger partial charge in [-0.1, -0.05) is 0 Å². The minimum absolute atomic E-state index is 0. The van der Waals surface area contributed by atoms with Gasteiger partial charge in [0.15, 0.2) is 0 Å². The molecule has 0 saturated carbocycles. The Hall–Kier alpha value is 0.926. The van der Waals surface area contributed by atoms with Gasteiger partial charge >= 0.3 is 111 Å². The van der Waals surface area contributed by atoms with E-state index in [1.54, 1.807) is 0 Å². The average Bonchev–Trinajstić information content (AvgIpc) is 2.34. The van der Waals surface area contributed by atoms with Gasteiger partial charge in [-0.15, -0.1) is 0 Å². The number of hydrogen-bond donors (Lipinski definition) is 0. The first-order valence-corrected chi connectivity index (χ1v) is 3.82. The fraction of sp³-hybridized carbons (Fsp3) is 0.167. The third kappa shape index (κ3) is 3.94. The Bertz CT molecular complexity index is 202. The Morgan fingerprint density at radius 3 is 2.50 bits per heavy atom. The number of hydrogen-bond acceptors (Lipinski definition) is 1. The second-order valence-electron chi connectivity index (χ2n) is 1.51. The molecule has 0 atom stereocenters. The summed E-state index contributed by atoms with van der Waals surface area (Å²) in [6.45, 7) is 0. The summed E-state index contributed by atoms with van der Waals surface area (Å²) in [4.78, 5) is 2.09. The molecule has 0 aliphatic heterocycles. The third-order valence-electron chi connectivity index (χ3n) is 0.907. The molecule has 1 heterocycles. The van der Waals surface area contributed by atoms with E-state index < -0.39 is 0 Å². The van der Waals surface area contributed by atoms with Crippen LogP contribution in [0.5, 0.6) is 0 Å². The molecule has 0 aliphatic carbocycles. The molecule has 1 rings (SSSR count). The fourth-order valence-electron chi connectivity index (χ4n) is 0.534. The van der Waals surface area contributed by atoms with Crippen LogP contribution in [-0.2, 0) is 20.4 Å². The fourth-order valence-corrected chi connectivity index (χ4v) is 1.05. The van der Waals surface area contributed by atoms with Crippen LogP contribution in [0.1, 0.15) is 0 Å². The summed E-state index contributed by atoms with van der Waals surface area (Å²) < 4.78 is 1.99. The summed E-state index contributed by atoms with van der Waals surface area (Å²) in [7, 11) is 0. The molecule has 0 fully saturated rings. The molecule has 0 bridgehead atoms. The molecular formula is C6H7FeKN2. The first kappa shape index (κ1) is 10.9. The van der Waals surface area contributed by atoms with Crippen molar-refractivity contribution in [1.82, 2.24) is 4.57 Å². The van der Waals surface area contributed by atoms with Crippen LogP contribution in [-0.4, -0.2) is 56.0 Å². The van der Waals surface area contributed by atoms with Gasteiger partial charge in [0.05, 0.1) is 0 Å². The minimum atomic E-state index is 0. The monoisotopic (exact) mass is 202 g/mol. The molecule has 0 radical (unpaired) electrons. The summed E-state index contributed by atoms with van der Waals surface area (Å²) >= 11 is 0.592. The van der Waals surface area contributed by atoms with Gasteiger partial charge in [-0.2, -0.15) is 0 Å². The van der Waals surface area contributed by atoms with E-state index in [-0.39, 0.29) is 51.4 Å². The molecule has 1 aromatic rings. The second kappa shape index (κ2) is 6.62. The molecule has 0 N–H and O–H groups in total. The zero-order valence-corrected chi connectivity index (χ0v) is 5.87. The van der Waals surface area contributed by atoms with Gasteiger partial charge in [-0.05, 0) is 0 Å². The maximum absolute atomic E-state index is 8.20. The molecule has 0 aromatic carbocycles. The van der Waals surface area contributed by atoms with Crippen molar-refractivity contribution in [3.8, 4) is 4.97 Å². The van der Waals surface area contributed by atoms with Crippen molar-refractivity contribution in [1.29, 1.82) is 5.26 Å². The quantitative estimate of drug-likeness (QED) is 0.636. The molecule has 0 saturated heterocycles. The van der Waals surface area contributed by atoms with Crippen molar-refractivity contribution in [2.75, 3.05) is 0 Å². The zero-order chi connectivity index (χ0) is 6.53. The maximum atomic E-state index is 8.20. The van der Waals surface area contributed by atoms with Gasteiger partial charge in [-0.3, -0.25) is 0 Å². The SMILES string of the molecule is N#[C][Fe][CH2]n1cccc1.[KH].